The van der Waals surface area contributed by atoms with Gasteiger partial charge in [-0.25, -0.2) is 0 Å². The lowest BCUT2D eigenvalue weighted by atomic mass is 10.1. The van der Waals surface area contributed by atoms with Crippen LogP contribution >= 0.6 is 43.2 Å². The van der Waals surface area contributed by atoms with Gasteiger partial charge in [0.2, 0.25) is 0 Å². The van der Waals surface area contributed by atoms with Crippen molar-refractivity contribution in [1.82, 2.24) is 0 Å². The van der Waals surface area contributed by atoms with Gasteiger partial charge in [-0.1, -0.05) is 82.9 Å². The molecule has 1 aromatic heterocycles. The number of ketones is 1. The molecule has 1 aromatic rings. The van der Waals surface area contributed by atoms with E-state index in [0.717, 1.165) is 23.0 Å². The molecule has 0 amide bonds. The van der Waals surface area contributed by atoms with Crippen LogP contribution in [-0.4, -0.2) is 15.9 Å². The Kier molecular flexibility index (Phi) is 11.0. The average Bonchev–Trinajstić information content (AvgIpc) is 2.98. The van der Waals surface area contributed by atoms with Gasteiger partial charge in [0.05, 0.1) is 9.70 Å². The maximum Gasteiger partial charge on any atom is 0.186 e. The van der Waals surface area contributed by atoms with Crippen LogP contribution in [0.3, 0.4) is 0 Å². The third-order valence-corrected chi connectivity index (χ3v) is 5.71. The molecule has 0 aromatic carbocycles. The number of alkyl halides is 2. The van der Waals surface area contributed by atoms with Gasteiger partial charge in [0.1, 0.15) is 0 Å². The van der Waals surface area contributed by atoms with E-state index in [0.29, 0.717) is 0 Å². The summed E-state index contributed by atoms with van der Waals surface area (Å²) in [6, 6.07) is 3.85. The lowest BCUT2D eigenvalue weighted by molar-refractivity contribution is 0.0991. The summed E-state index contributed by atoms with van der Waals surface area (Å²) in [4.78, 5) is 12.9. The topological polar surface area (TPSA) is 17.1 Å². The van der Waals surface area contributed by atoms with Crippen LogP contribution in [0.5, 0.6) is 0 Å². The standard InChI is InChI=1S/C16H24Br2OS/c17-12-8-6-4-2-1-3-5-7-10-14(18)16(19)15-11-9-13-20-15/h9,11,13-14H,1-8,10,12H2. The quantitative estimate of drug-likeness (QED) is 0.210. The predicted molar refractivity (Wildman–Crippen MR) is 96.7 cm³/mol. The lowest BCUT2D eigenvalue weighted by Gasteiger charge is -2.07. The summed E-state index contributed by atoms with van der Waals surface area (Å²) < 4.78 is 0. The van der Waals surface area contributed by atoms with Gasteiger partial charge in [-0.05, 0) is 24.3 Å². The molecule has 4 heteroatoms. The highest BCUT2D eigenvalue weighted by molar-refractivity contribution is 9.10. The number of thiophene rings is 1. The Morgan fingerprint density at radius 2 is 1.65 bits per heavy atom. The first-order chi connectivity index (χ1) is 9.75. The Hall–Kier alpha value is 0.330. The van der Waals surface area contributed by atoms with Crippen LogP contribution in [0.25, 0.3) is 0 Å². The van der Waals surface area contributed by atoms with Crippen molar-refractivity contribution in [2.45, 2.75) is 62.6 Å². The second kappa shape index (κ2) is 11.9. The van der Waals surface area contributed by atoms with Gasteiger partial charge < -0.3 is 0 Å². The molecular formula is C16H24Br2OS. The van der Waals surface area contributed by atoms with Gasteiger partial charge in [0.25, 0.3) is 0 Å². The zero-order valence-corrected chi connectivity index (χ0v) is 15.9. The van der Waals surface area contributed by atoms with Crippen molar-refractivity contribution in [3.8, 4) is 0 Å². The first-order valence-electron chi connectivity index (χ1n) is 7.53. The summed E-state index contributed by atoms with van der Waals surface area (Å²) in [6.45, 7) is 0. The molecule has 0 radical (unpaired) electrons. The van der Waals surface area contributed by atoms with E-state index < -0.39 is 0 Å². The summed E-state index contributed by atoms with van der Waals surface area (Å²) in [5.74, 6) is 0.245. The number of Topliss-reactive ketones (excluding diaryl/α,β-unsaturated/α-hetero) is 1. The molecule has 1 unspecified atom stereocenters. The largest absolute Gasteiger partial charge is 0.292 e. The minimum Gasteiger partial charge on any atom is -0.292 e. The van der Waals surface area contributed by atoms with Crippen LogP contribution in [0.4, 0.5) is 0 Å². The summed E-state index contributed by atoms with van der Waals surface area (Å²) in [5.41, 5.74) is 0. The number of rotatable bonds is 12. The minimum atomic E-state index is 0.0000733. The van der Waals surface area contributed by atoms with Gasteiger partial charge >= 0.3 is 0 Å². The number of unbranched alkanes of at least 4 members (excludes halogenated alkanes) is 7. The van der Waals surface area contributed by atoms with E-state index >= 15 is 0 Å². The lowest BCUT2D eigenvalue weighted by Crippen LogP contribution is -2.12. The summed E-state index contributed by atoms with van der Waals surface area (Å²) >= 11 is 8.52. The van der Waals surface area contributed by atoms with Crippen LogP contribution in [0.1, 0.15) is 67.5 Å². The highest BCUT2D eigenvalue weighted by Gasteiger charge is 2.16. The second-order valence-corrected chi connectivity index (χ2v) is 7.96. The molecule has 0 bridgehead atoms. The number of halogens is 2. The summed E-state index contributed by atoms with van der Waals surface area (Å²) in [5, 5.41) is 3.10. The first-order valence-corrected chi connectivity index (χ1v) is 10.4. The fourth-order valence-corrected chi connectivity index (χ4v) is 4.02. The zero-order chi connectivity index (χ0) is 14.6. The molecule has 0 fully saturated rings. The van der Waals surface area contributed by atoms with Crippen LogP contribution in [0, 0.1) is 0 Å². The van der Waals surface area contributed by atoms with Gasteiger partial charge in [-0.2, -0.15) is 0 Å². The Labute approximate surface area is 143 Å². The molecule has 1 rings (SSSR count). The van der Waals surface area contributed by atoms with E-state index in [1.165, 1.54) is 56.3 Å². The monoisotopic (exact) mass is 422 g/mol. The van der Waals surface area contributed by atoms with Gasteiger partial charge in [-0.3, -0.25) is 4.79 Å². The highest BCUT2D eigenvalue weighted by Crippen LogP contribution is 2.20. The summed E-state index contributed by atoms with van der Waals surface area (Å²) in [7, 11) is 0. The van der Waals surface area contributed by atoms with Gasteiger partial charge in [0.15, 0.2) is 5.78 Å². The smallest absolute Gasteiger partial charge is 0.186 e. The van der Waals surface area contributed by atoms with Crippen molar-refractivity contribution in [1.29, 1.82) is 0 Å². The van der Waals surface area contributed by atoms with E-state index in [1.54, 1.807) is 0 Å². The van der Waals surface area contributed by atoms with E-state index in [4.69, 9.17) is 0 Å². The van der Waals surface area contributed by atoms with Crippen molar-refractivity contribution in [2.75, 3.05) is 5.33 Å². The summed E-state index contributed by atoms with van der Waals surface area (Å²) in [6.07, 6.45) is 11.4. The van der Waals surface area contributed by atoms with Crippen molar-refractivity contribution >= 4 is 49.0 Å². The molecular weight excluding hydrogens is 400 g/mol. The Morgan fingerprint density at radius 1 is 1.05 bits per heavy atom. The molecule has 0 spiro atoms. The maximum absolute atomic E-state index is 12.0. The van der Waals surface area contributed by atoms with Crippen molar-refractivity contribution in [3.05, 3.63) is 22.4 Å². The van der Waals surface area contributed by atoms with Crippen molar-refractivity contribution in [2.24, 2.45) is 0 Å². The SMILES string of the molecule is O=C(c1cccs1)C(Br)CCCCCCCCCCBr. The molecule has 1 nitrogen and oxygen atoms in total. The molecule has 1 heterocycles. The molecule has 0 saturated carbocycles. The van der Waals surface area contributed by atoms with E-state index in [9.17, 15) is 4.79 Å². The Morgan fingerprint density at radius 3 is 2.20 bits per heavy atom. The van der Waals surface area contributed by atoms with E-state index in [1.807, 2.05) is 17.5 Å². The molecule has 0 aliphatic carbocycles. The molecule has 0 aliphatic rings. The number of carbonyl (C=O) groups excluding carboxylic acids is 1. The third kappa shape index (κ3) is 7.94. The van der Waals surface area contributed by atoms with Crippen molar-refractivity contribution in [3.63, 3.8) is 0 Å². The van der Waals surface area contributed by atoms with E-state index in [-0.39, 0.29) is 10.6 Å². The highest BCUT2D eigenvalue weighted by atomic mass is 79.9. The molecule has 0 N–H and O–H groups in total. The van der Waals surface area contributed by atoms with Crippen LogP contribution in [0.2, 0.25) is 0 Å². The molecule has 1 atom stereocenters. The fourth-order valence-electron chi connectivity index (χ4n) is 2.18. The first kappa shape index (κ1) is 18.4. The van der Waals surface area contributed by atoms with Crippen LogP contribution < -0.4 is 0 Å². The van der Waals surface area contributed by atoms with E-state index in [2.05, 4.69) is 31.9 Å². The maximum atomic E-state index is 12.0. The molecule has 0 saturated heterocycles. The third-order valence-electron chi connectivity index (χ3n) is 3.39. The molecule has 114 valence electrons. The Balaban J connectivity index is 1.97. The van der Waals surface area contributed by atoms with Crippen molar-refractivity contribution < 1.29 is 4.79 Å². The van der Waals surface area contributed by atoms with Crippen LogP contribution in [0.15, 0.2) is 17.5 Å². The number of hydrogen-bond donors (Lipinski definition) is 0. The minimum absolute atomic E-state index is 0.0000733. The van der Waals surface area contributed by atoms with Crippen LogP contribution in [-0.2, 0) is 0 Å². The average molecular weight is 424 g/mol. The Bertz CT molecular complexity index is 351. The number of carbonyl (C=O) groups is 1. The number of hydrogen-bond acceptors (Lipinski definition) is 2. The fraction of sp³-hybridized carbons (Fsp3) is 0.688. The molecule has 20 heavy (non-hydrogen) atoms. The predicted octanol–water partition coefficient (Wildman–Crippen LogP) is 6.60. The van der Waals surface area contributed by atoms with Gasteiger partial charge in [0, 0.05) is 5.33 Å². The normalized spacial score (nSPS) is 12.5. The van der Waals surface area contributed by atoms with Gasteiger partial charge in [-0.15, -0.1) is 11.3 Å². The zero-order valence-electron chi connectivity index (χ0n) is 12.0. The molecule has 0 aliphatic heterocycles. The second-order valence-electron chi connectivity index (χ2n) is 5.12.